The van der Waals surface area contributed by atoms with Crippen LogP contribution in [-0.4, -0.2) is 73.4 Å². The third kappa shape index (κ3) is 47.9. The van der Waals surface area contributed by atoms with E-state index < -0.39 is 20.0 Å². The predicted octanol–water partition coefficient (Wildman–Crippen LogP) is 15.5. The molecule has 0 aromatic rings. The lowest BCUT2D eigenvalue weighted by molar-refractivity contribution is -0.870. The first-order valence-electron chi connectivity index (χ1n) is 26.3. The summed E-state index contributed by atoms with van der Waals surface area (Å²) in [7, 11) is 1.57. The predicted molar refractivity (Wildman–Crippen MR) is 276 cm³/mol. The Hall–Kier alpha value is -2.06. The quantitative estimate of drug-likeness (QED) is 0.0243. The van der Waals surface area contributed by atoms with E-state index in [-0.39, 0.29) is 19.1 Å². The summed E-state index contributed by atoms with van der Waals surface area (Å²) in [6.07, 6.45) is 63.0. The van der Waals surface area contributed by atoms with Gasteiger partial charge in [0.25, 0.3) is 0 Å². The van der Waals surface area contributed by atoms with Crippen LogP contribution in [0.4, 0.5) is 0 Å². The van der Waals surface area contributed by atoms with Crippen molar-refractivity contribution in [3.8, 4) is 0 Å². The lowest BCUT2D eigenvalue weighted by Gasteiger charge is -2.25. The third-order valence-electron chi connectivity index (χ3n) is 11.4. The van der Waals surface area contributed by atoms with Gasteiger partial charge in [-0.3, -0.25) is 13.8 Å². The monoisotopic (exact) mass is 918 g/mol. The lowest BCUT2D eigenvalue weighted by atomic mass is 10.0. The number of hydrogen-bond donors (Lipinski definition) is 3. The minimum atomic E-state index is -4.34. The number of likely N-dealkylation sites (N-methyl/N-ethyl adjacent to an activating group) is 1. The molecule has 0 spiro atoms. The summed E-state index contributed by atoms with van der Waals surface area (Å²) in [5.41, 5.74) is 0. The molecule has 1 amide bonds. The first-order chi connectivity index (χ1) is 31.0. The summed E-state index contributed by atoms with van der Waals surface area (Å²) >= 11 is 0. The van der Waals surface area contributed by atoms with Gasteiger partial charge in [-0.25, -0.2) is 4.57 Å². The summed E-state index contributed by atoms with van der Waals surface area (Å²) in [6.45, 7) is 4.67. The average Bonchev–Trinajstić information content (AvgIpc) is 3.25. The van der Waals surface area contributed by atoms with Crippen LogP contribution in [0.3, 0.4) is 0 Å². The van der Waals surface area contributed by atoms with Gasteiger partial charge in [0.05, 0.1) is 39.9 Å². The van der Waals surface area contributed by atoms with E-state index in [0.717, 1.165) is 70.6 Å². The summed E-state index contributed by atoms with van der Waals surface area (Å²) in [6, 6.07) is -0.846. The van der Waals surface area contributed by atoms with Crippen LogP contribution in [0.1, 0.15) is 219 Å². The first kappa shape index (κ1) is 61.9. The number of aliphatic hydroxyl groups is 1. The number of aliphatic hydroxyl groups excluding tert-OH is 1. The minimum absolute atomic E-state index is 0.0600. The Morgan fingerprint density at radius 1 is 0.547 bits per heavy atom. The van der Waals surface area contributed by atoms with Crippen LogP contribution in [0.5, 0.6) is 0 Å². The molecule has 8 nitrogen and oxygen atoms in total. The molecule has 0 fully saturated rings. The van der Waals surface area contributed by atoms with Gasteiger partial charge in [0.15, 0.2) is 0 Å². The van der Waals surface area contributed by atoms with Crippen LogP contribution in [0.2, 0.25) is 0 Å². The standard InChI is InChI=1S/C55H101N2O6P/c1-6-8-10-12-14-16-17-18-19-20-21-22-23-24-25-26-27-28-29-30-31-32-33-34-35-36-37-38-39-41-43-45-47-49-55(59)56-53(52-63-64(60,61)62-51-50-57(3,4)5)54(58)48-46-44-42-40-15-13-11-9-7-2/h8,10,14,16,18-19,21-22,24-25,46,48,53-54,58H,6-7,9,11-13,15,17,20,23,26-45,47,49-52H2,1-5H3,(H-,56,59,60,61)/p+1/b10-8-,16-14-,19-18-,22-21-,25-24-,48-46+. The lowest BCUT2D eigenvalue weighted by Crippen LogP contribution is -2.45. The highest BCUT2D eigenvalue weighted by Gasteiger charge is 2.27. The highest BCUT2D eigenvalue weighted by Crippen LogP contribution is 2.43. The highest BCUT2D eigenvalue weighted by atomic mass is 31.2. The van der Waals surface area contributed by atoms with E-state index >= 15 is 0 Å². The van der Waals surface area contributed by atoms with Crippen molar-refractivity contribution >= 4 is 13.7 Å². The van der Waals surface area contributed by atoms with Gasteiger partial charge >= 0.3 is 7.82 Å². The summed E-state index contributed by atoms with van der Waals surface area (Å²) in [5.74, 6) is -0.181. The second kappa shape index (κ2) is 46.1. The Kier molecular flexibility index (Phi) is 44.6. The molecule has 0 aliphatic heterocycles. The molecule has 3 N–H and O–H groups in total. The van der Waals surface area contributed by atoms with Crippen molar-refractivity contribution in [2.75, 3.05) is 40.9 Å². The van der Waals surface area contributed by atoms with Crippen molar-refractivity contribution < 1.29 is 32.9 Å². The molecule has 9 heteroatoms. The van der Waals surface area contributed by atoms with E-state index in [9.17, 15) is 19.4 Å². The van der Waals surface area contributed by atoms with Crippen LogP contribution in [-0.2, 0) is 18.4 Å². The van der Waals surface area contributed by atoms with Gasteiger partial charge < -0.3 is 19.8 Å². The van der Waals surface area contributed by atoms with Gasteiger partial charge in [-0.05, 0) is 64.2 Å². The Morgan fingerprint density at radius 3 is 1.38 bits per heavy atom. The number of phosphoric acid groups is 1. The van der Waals surface area contributed by atoms with Crippen LogP contribution in [0.15, 0.2) is 72.9 Å². The van der Waals surface area contributed by atoms with Gasteiger partial charge in [0.1, 0.15) is 13.2 Å². The molecular weight excluding hydrogens is 816 g/mol. The molecule has 0 aromatic carbocycles. The topological polar surface area (TPSA) is 105 Å². The maximum absolute atomic E-state index is 12.9. The maximum atomic E-state index is 12.9. The fraction of sp³-hybridized carbons (Fsp3) is 0.764. The van der Waals surface area contributed by atoms with Gasteiger partial charge in [0, 0.05) is 6.42 Å². The van der Waals surface area contributed by atoms with Crippen molar-refractivity contribution in [2.24, 2.45) is 0 Å². The van der Waals surface area contributed by atoms with Gasteiger partial charge in [-0.15, -0.1) is 0 Å². The van der Waals surface area contributed by atoms with Crippen LogP contribution >= 0.6 is 7.82 Å². The van der Waals surface area contributed by atoms with E-state index in [1.54, 1.807) is 6.08 Å². The molecule has 64 heavy (non-hydrogen) atoms. The Labute approximate surface area is 395 Å². The van der Waals surface area contributed by atoms with Crippen molar-refractivity contribution in [3.05, 3.63) is 72.9 Å². The zero-order chi connectivity index (χ0) is 47.1. The molecule has 0 heterocycles. The van der Waals surface area contributed by atoms with Crippen molar-refractivity contribution in [1.29, 1.82) is 0 Å². The highest BCUT2D eigenvalue weighted by molar-refractivity contribution is 7.47. The molecule has 3 unspecified atom stereocenters. The van der Waals surface area contributed by atoms with E-state index in [0.29, 0.717) is 17.4 Å². The fourth-order valence-corrected chi connectivity index (χ4v) is 8.04. The maximum Gasteiger partial charge on any atom is 0.472 e. The first-order valence-corrected chi connectivity index (χ1v) is 27.8. The Morgan fingerprint density at radius 2 is 0.938 bits per heavy atom. The number of allylic oxidation sites excluding steroid dienone is 11. The van der Waals surface area contributed by atoms with E-state index in [2.05, 4.69) is 79.9 Å². The molecule has 0 radical (unpaired) electrons. The molecule has 0 rings (SSSR count). The second-order valence-electron chi connectivity index (χ2n) is 18.9. The zero-order valence-electron chi connectivity index (χ0n) is 42.3. The van der Waals surface area contributed by atoms with Crippen molar-refractivity contribution in [2.45, 2.75) is 231 Å². The number of unbranched alkanes of at least 4 members (excludes halogenated alkanes) is 24. The number of amides is 1. The number of rotatable bonds is 47. The fourth-order valence-electron chi connectivity index (χ4n) is 7.30. The largest absolute Gasteiger partial charge is 0.472 e. The van der Waals surface area contributed by atoms with Crippen LogP contribution in [0, 0.1) is 0 Å². The molecule has 0 bridgehead atoms. The zero-order valence-corrected chi connectivity index (χ0v) is 43.1. The van der Waals surface area contributed by atoms with Gasteiger partial charge in [-0.1, -0.05) is 222 Å². The average molecular weight is 918 g/mol. The molecule has 0 aliphatic carbocycles. The molecule has 3 atom stereocenters. The number of nitrogens with zero attached hydrogens (tertiary/aromatic N) is 1. The molecule has 0 saturated heterocycles. The second-order valence-corrected chi connectivity index (χ2v) is 20.3. The molecule has 0 aromatic heterocycles. The number of phosphoric ester groups is 1. The minimum Gasteiger partial charge on any atom is -0.387 e. The normalized spacial score (nSPS) is 14.7. The molecular formula is C55H102N2O6P+. The van der Waals surface area contributed by atoms with Gasteiger partial charge in [0.2, 0.25) is 5.91 Å². The number of nitrogens with one attached hydrogen (secondary N) is 1. The third-order valence-corrected chi connectivity index (χ3v) is 12.4. The summed E-state index contributed by atoms with van der Waals surface area (Å²) in [5, 5.41) is 13.8. The Bertz CT molecular complexity index is 1270. The number of quaternary nitrogens is 1. The molecule has 0 saturated carbocycles. The van der Waals surface area contributed by atoms with E-state index in [4.69, 9.17) is 9.05 Å². The smallest absolute Gasteiger partial charge is 0.387 e. The van der Waals surface area contributed by atoms with E-state index in [1.165, 1.54) is 128 Å². The van der Waals surface area contributed by atoms with Crippen molar-refractivity contribution in [1.82, 2.24) is 5.32 Å². The van der Waals surface area contributed by atoms with Crippen LogP contribution < -0.4 is 5.32 Å². The molecule has 0 aliphatic rings. The Balaban J connectivity index is 3.98. The van der Waals surface area contributed by atoms with E-state index in [1.807, 2.05) is 27.2 Å². The van der Waals surface area contributed by atoms with Gasteiger partial charge in [-0.2, -0.15) is 0 Å². The number of carbonyl (C=O) groups is 1. The van der Waals surface area contributed by atoms with Crippen LogP contribution in [0.25, 0.3) is 0 Å². The number of carbonyl (C=O) groups excluding carboxylic acids is 1. The number of hydrogen-bond acceptors (Lipinski definition) is 5. The van der Waals surface area contributed by atoms with Crippen molar-refractivity contribution in [3.63, 3.8) is 0 Å². The molecule has 372 valence electrons. The summed E-state index contributed by atoms with van der Waals surface area (Å²) < 4.78 is 23.5. The SMILES string of the molecule is CC/C=C\C/C=C\C/C=C\C/C=C\C/C=C\CCCCCCCCCCCCCCCCCCCC(=O)NC(COP(=O)(O)OCC[N+](C)(C)C)C(O)/C=C/CCCCCCCCC. The summed E-state index contributed by atoms with van der Waals surface area (Å²) in [4.78, 5) is 23.1.